The molecule has 0 spiro atoms. The Morgan fingerprint density at radius 3 is 0.516 bits per heavy atom. The average Bonchev–Trinajstić information content (AvgIpc) is 3.31. The fraction of sp³-hybridized carbons (Fsp3) is 0. The Morgan fingerprint density at radius 2 is 0.435 bits per heavy atom. The maximum atomic E-state index is 9.75. The van der Waals surface area contributed by atoms with Crippen LogP contribution in [0.3, 0.4) is 0 Å². The Bertz CT molecular complexity index is 1740. The second kappa shape index (κ2) is 35.3. The van der Waals surface area contributed by atoms with E-state index in [9.17, 15) is 17.3 Å². The van der Waals surface area contributed by atoms with Crippen LogP contribution in [-0.2, 0) is 54.1 Å². The van der Waals surface area contributed by atoms with E-state index in [4.69, 9.17) is 0 Å². The number of pyridine rings is 8. The molecule has 8 rings (SSSR count). The van der Waals surface area contributed by atoms with E-state index in [-0.39, 0.29) is 19.5 Å². The van der Waals surface area contributed by atoms with Crippen molar-refractivity contribution in [2.24, 2.45) is 0 Å². The number of rotatable bonds is 8. The number of aromatic nitrogens is 8. The summed E-state index contributed by atoms with van der Waals surface area (Å²) in [6.45, 7) is 0. The summed E-state index contributed by atoms with van der Waals surface area (Å²) in [7, 11) is 3.14. The van der Waals surface area contributed by atoms with Crippen molar-refractivity contribution in [3.05, 3.63) is 216 Å². The molecule has 0 fully saturated rings. The van der Waals surface area contributed by atoms with Gasteiger partial charge in [0.2, 0.25) is 0 Å². The molecular formula is C40H32BCl2F4N12Ru3. The van der Waals surface area contributed by atoms with Crippen LogP contribution in [0.1, 0.15) is 0 Å². The first-order valence-electron chi connectivity index (χ1n) is 17.1. The summed E-state index contributed by atoms with van der Waals surface area (Å²) in [5.74, 6) is 5.45. The van der Waals surface area contributed by atoms with Crippen molar-refractivity contribution in [2.45, 2.75) is 0 Å². The molecule has 0 atom stereocenters. The first-order valence-corrected chi connectivity index (χ1v) is 21.6. The minimum absolute atomic E-state index is 0. The molecule has 8 aromatic heterocycles. The third-order valence-corrected chi connectivity index (χ3v) is 6.11. The van der Waals surface area contributed by atoms with Crippen LogP contribution in [0.4, 0.5) is 63.8 Å². The smallest absolute Gasteiger partial charge is 0.369 e. The van der Waals surface area contributed by atoms with E-state index in [1.807, 2.05) is 180 Å². The third-order valence-electron chi connectivity index (χ3n) is 6.11. The Labute approximate surface area is 398 Å². The van der Waals surface area contributed by atoms with Gasteiger partial charge in [-0.05, 0) is 98.1 Å². The van der Waals surface area contributed by atoms with E-state index >= 15 is 0 Å². The Hall–Kier alpha value is -5.36. The zero-order chi connectivity index (χ0) is 44.2. The molecule has 0 aliphatic heterocycles. The van der Waals surface area contributed by atoms with Gasteiger partial charge in [0.25, 0.3) is 0 Å². The van der Waals surface area contributed by atoms with E-state index in [1.165, 1.54) is 0 Å². The Balaban J connectivity index is 0.000000386. The molecule has 0 aromatic carbocycles. The van der Waals surface area contributed by atoms with Crippen molar-refractivity contribution in [1.29, 1.82) is 0 Å². The second-order valence-electron chi connectivity index (χ2n) is 10.4. The van der Waals surface area contributed by atoms with Gasteiger partial charge in [-0.25, -0.2) is 0 Å². The van der Waals surface area contributed by atoms with Crippen LogP contribution in [0.15, 0.2) is 195 Å². The van der Waals surface area contributed by atoms with E-state index in [2.05, 4.69) is 80.5 Å². The summed E-state index contributed by atoms with van der Waals surface area (Å²) >= 11 is 3.64. The van der Waals surface area contributed by atoms with Crippen molar-refractivity contribution in [3.8, 4) is 0 Å². The standard InChI is InChI=1S/4C10H8N3.BF4.2ClH.3Ru/c4*1-3-7-11-9(5-1)13-10-6-2-4-8-12-10;2-1(3,4)5;;;;;/h4*1-8H;;2*1H;;;/q5*-1;;;+1;+2;+4/p-2. The molecule has 8 heterocycles. The molecule has 0 unspecified atom stereocenters. The van der Waals surface area contributed by atoms with Gasteiger partial charge in [0.1, 0.15) is 0 Å². The zero-order valence-electron chi connectivity index (χ0n) is 31.7. The van der Waals surface area contributed by atoms with Gasteiger partial charge in [-0.2, -0.15) is 0 Å². The van der Waals surface area contributed by atoms with Crippen LogP contribution in [0.25, 0.3) is 21.3 Å². The quantitative estimate of drug-likeness (QED) is 0.107. The molecule has 0 bridgehead atoms. The number of hydrogen-bond acceptors (Lipinski definition) is 8. The van der Waals surface area contributed by atoms with Crippen LogP contribution < -0.4 is 0 Å². The first-order chi connectivity index (χ1) is 29.8. The van der Waals surface area contributed by atoms with Gasteiger partial charge in [-0.3, -0.25) is 0 Å². The van der Waals surface area contributed by atoms with Crippen LogP contribution in [0.5, 0.6) is 0 Å². The molecule has 12 nitrogen and oxygen atoms in total. The van der Waals surface area contributed by atoms with E-state index in [0.29, 0.717) is 46.5 Å². The summed E-state index contributed by atoms with van der Waals surface area (Å²) < 4.78 is 39.0. The molecule has 0 saturated carbocycles. The van der Waals surface area contributed by atoms with Gasteiger partial charge in [0, 0.05) is 46.5 Å². The summed E-state index contributed by atoms with van der Waals surface area (Å²) in [6.07, 6.45) is 13.7. The maximum absolute atomic E-state index is 9.75. The Morgan fingerprint density at radius 1 is 0.323 bits per heavy atom. The molecular weight excluding hydrogens is 1110 g/mol. The number of halogens is 6. The van der Waals surface area contributed by atoms with Crippen molar-refractivity contribution in [2.75, 3.05) is 0 Å². The van der Waals surface area contributed by atoms with Gasteiger partial charge < -0.3 is 78.4 Å². The van der Waals surface area contributed by atoms with E-state index in [0.717, 1.165) is 0 Å². The second-order valence-corrected chi connectivity index (χ2v) is 10.4. The van der Waals surface area contributed by atoms with Crippen molar-refractivity contribution in [3.63, 3.8) is 0 Å². The molecule has 62 heavy (non-hydrogen) atoms. The van der Waals surface area contributed by atoms with Gasteiger partial charge in [0.05, 0.1) is 0 Å². The average molecular weight is 1140 g/mol. The molecule has 0 aliphatic rings. The van der Waals surface area contributed by atoms with Crippen LogP contribution in [-0.4, -0.2) is 47.1 Å². The van der Waals surface area contributed by atoms with Crippen LogP contribution in [0, 0.1) is 0 Å². The minimum Gasteiger partial charge on any atom is -0.369 e. The zero-order valence-corrected chi connectivity index (χ0v) is 38.5. The van der Waals surface area contributed by atoms with Crippen LogP contribution >= 0.6 is 19.4 Å². The molecule has 0 radical (unpaired) electrons. The summed E-state index contributed by atoms with van der Waals surface area (Å²) in [4.78, 5) is 32.5. The van der Waals surface area contributed by atoms with Gasteiger partial charge in [-0.15, -0.1) is 0 Å². The molecule has 0 saturated heterocycles. The third kappa shape index (κ3) is 28.2. The topological polar surface area (TPSA) is 160 Å². The minimum atomic E-state index is -6.00. The molecule has 0 amide bonds. The normalized spacial score (nSPS) is 9.16. The molecule has 321 valence electrons. The molecule has 22 heteroatoms. The predicted octanol–water partition coefficient (Wildman–Crippen LogP) is 13.9. The molecule has 0 N–H and O–H groups in total. The Kier molecular flexibility index (Phi) is 31.1. The van der Waals surface area contributed by atoms with Crippen molar-refractivity contribution < 1.29 is 71.4 Å². The number of hydrogen-bond donors (Lipinski definition) is 0. The van der Waals surface area contributed by atoms with Gasteiger partial charge in [-0.1, -0.05) is 97.1 Å². The van der Waals surface area contributed by atoms with Gasteiger partial charge in [0.15, 0.2) is 0 Å². The summed E-state index contributed by atoms with van der Waals surface area (Å²) in [5, 5.41) is 16.9. The number of nitrogens with zero attached hydrogens (tertiary/aromatic N) is 12. The van der Waals surface area contributed by atoms with Gasteiger partial charge >= 0.3 is 80.7 Å². The molecule has 0 aliphatic carbocycles. The van der Waals surface area contributed by atoms with E-state index in [1.54, 1.807) is 49.6 Å². The fourth-order valence-corrected chi connectivity index (χ4v) is 3.83. The first kappa shape index (κ1) is 54.7. The van der Waals surface area contributed by atoms with E-state index < -0.39 is 7.25 Å². The van der Waals surface area contributed by atoms with Crippen LogP contribution in [0.2, 0.25) is 0 Å². The maximum Gasteiger partial charge on any atom is 4.00 e. The SMILES string of the molecule is F[B-](F)(F)F.[Cl][Ru+].[Cl][Ru].[Ru+4].c1ccc([N-]c2ccccn2)nc1.c1ccc([N-]c2ccccn2)nc1.c1ccc([N-]c2ccccn2)nc1.c1ccc([N-]c2ccccn2)nc1. The largest absolute Gasteiger partial charge is 4.00 e. The monoisotopic (exact) mass is 1140 g/mol. The summed E-state index contributed by atoms with van der Waals surface area (Å²) in [5.41, 5.74) is 0. The fourth-order valence-electron chi connectivity index (χ4n) is 3.83. The predicted molar refractivity (Wildman–Crippen MR) is 227 cm³/mol. The summed E-state index contributed by atoms with van der Waals surface area (Å²) in [6, 6.07) is 44.8. The van der Waals surface area contributed by atoms with Crippen molar-refractivity contribution >= 4 is 73.2 Å². The molecule has 8 aromatic rings. The van der Waals surface area contributed by atoms with Crippen molar-refractivity contribution in [1.82, 2.24) is 39.9 Å².